The monoisotopic (exact) mass is 300 g/mol. The summed E-state index contributed by atoms with van der Waals surface area (Å²) >= 11 is 0. The second-order valence-electron chi connectivity index (χ2n) is 5.09. The molecule has 0 aliphatic carbocycles. The highest BCUT2D eigenvalue weighted by molar-refractivity contribution is 7.89. The van der Waals surface area contributed by atoms with Crippen LogP contribution in [0.3, 0.4) is 0 Å². The minimum atomic E-state index is -3.76. The van der Waals surface area contributed by atoms with Crippen molar-refractivity contribution in [2.75, 3.05) is 19.6 Å². The summed E-state index contributed by atoms with van der Waals surface area (Å²) in [6.45, 7) is 3.66. The van der Waals surface area contributed by atoms with Crippen LogP contribution < -0.4 is 5.32 Å². The van der Waals surface area contributed by atoms with E-state index in [1.807, 2.05) is 6.92 Å². The second-order valence-corrected chi connectivity index (χ2v) is 6.99. The highest BCUT2D eigenvalue weighted by atomic mass is 32.2. The highest BCUT2D eigenvalue weighted by Crippen LogP contribution is 2.20. The number of halogens is 1. The molecule has 1 aromatic carbocycles. The summed E-state index contributed by atoms with van der Waals surface area (Å²) in [5, 5.41) is 3.28. The standard InChI is InChI=1S/C14H21FN2O2S/c1-2-10-17(11-12-6-5-9-16-12)20(18,19)14-8-4-3-7-13(14)15/h3-4,7-8,12,16H,2,5-6,9-11H2,1H3. The van der Waals surface area contributed by atoms with Gasteiger partial charge < -0.3 is 5.32 Å². The maximum atomic E-state index is 13.8. The minimum absolute atomic E-state index is 0.170. The fourth-order valence-corrected chi connectivity index (χ4v) is 4.15. The summed E-state index contributed by atoms with van der Waals surface area (Å²) < 4.78 is 40.4. The van der Waals surface area contributed by atoms with E-state index in [0.29, 0.717) is 19.5 Å². The van der Waals surface area contributed by atoms with E-state index in [-0.39, 0.29) is 10.9 Å². The lowest BCUT2D eigenvalue weighted by atomic mass is 10.2. The van der Waals surface area contributed by atoms with Gasteiger partial charge in [-0.15, -0.1) is 0 Å². The van der Waals surface area contributed by atoms with Gasteiger partial charge in [0.25, 0.3) is 0 Å². The summed E-state index contributed by atoms with van der Waals surface area (Å²) in [5.74, 6) is -0.687. The fourth-order valence-electron chi connectivity index (χ4n) is 2.51. The molecular formula is C14H21FN2O2S. The topological polar surface area (TPSA) is 49.4 Å². The van der Waals surface area contributed by atoms with Gasteiger partial charge in [0.15, 0.2) is 0 Å². The number of nitrogens with one attached hydrogen (secondary N) is 1. The summed E-state index contributed by atoms with van der Waals surface area (Å²) in [6, 6.07) is 5.73. The highest BCUT2D eigenvalue weighted by Gasteiger charge is 2.29. The molecule has 1 aromatic rings. The molecule has 0 aromatic heterocycles. The van der Waals surface area contributed by atoms with Crippen molar-refractivity contribution in [3.8, 4) is 0 Å². The van der Waals surface area contributed by atoms with Gasteiger partial charge in [-0.05, 0) is 37.9 Å². The van der Waals surface area contributed by atoms with Gasteiger partial charge in [0.05, 0.1) is 0 Å². The molecule has 2 rings (SSSR count). The molecule has 0 bridgehead atoms. The Bertz CT molecular complexity index is 542. The van der Waals surface area contributed by atoms with E-state index in [9.17, 15) is 12.8 Å². The Kier molecular flexibility index (Phi) is 5.12. The molecule has 1 heterocycles. The molecule has 112 valence electrons. The lowest BCUT2D eigenvalue weighted by Crippen LogP contribution is -2.41. The molecule has 1 fully saturated rings. The van der Waals surface area contributed by atoms with Gasteiger partial charge in [0.2, 0.25) is 10.0 Å². The molecule has 1 aliphatic rings. The SMILES string of the molecule is CCCN(CC1CCCN1)S(=O)(=O)c1ccccc1F. The van der Waals surface area contributed by atoms with Crippen molar-refractivity contribution in [3.63, 3.8) is 0 Å². The zero-order chi connectivity index (χ0) is 14.6. The number of hydrogen-bond donors (Lipinski definition) is 1. The van der Waals surface area contributed by atoms with Crippen molar-refractivity contribution >= 4 is 10.0 Å². The molecule has 0 amide bonds. The van der Waals surface area contributed by atoms with E-state index in [0.717, 1.165) is 19.4 Å². The van der Waals surface area contributed by atoms with Gasteiger partial charge in [0.1, 0.15) is 10.7 Å². The van der Waals surface area contributed by atoms with Crippen LogP contribution in [-0.4, -0.2) is 38.4 Å². The lowest BCUT2D eigenvalue weighted by molar-refractivity contribution is 0.367. The first-order valence-corrected chi connectivity index (χ1v) is 8.47. The average molecular weight is 300 g/mol. The van der Waals surface area contributed by atoms with Crippen LogP contribution in [0.5, 0.6) is 0 Å². The van der Waals surface area contributed by atoms with E-state index in [4.69, 9.17) is 0 Å². The van der Waals surface area contributed by atoms with Crippen LogP contribution in [0.2, 0.25) is 0 Å². The van der Waals surface area contributed by atoms with Crippen LogP contribution in [0.1, 0.15) is 26.2 Å². The van der Waals surface area contributed by atoms with Crippen molar-refractivity contribution < 1.29 is 12.8 Å². The predicted octanol–water partition coefficient (Wildman–Crippen LogP) is 1.98. The van der Waals surface area contributed by atoms with E-state index < -0.39 is 15.8 Å². The van der Waals surface area contributed by atoms with E-state index in [1.54, 1.807) is 6.07 Å². The Labute approximate surface area is 120 Å². The number of rotatable bonds is 6. The second kappa shape index (κ2) is 6.65. The van der Waals surface area contributed by atoms with Gasteiger partial charge in [-0.1, -0.05) is 19.1 Å². The van der Waals surface area contributed by atoms with E-state index >= 15 is 0 Å². The molecule has 0 spiro atoms. The van der Waals surface area contributed by atoms with Crippen LogP contribution >= 0.6 is 0 Å². The Morgan fingerprint density at radius 1 is 1.40 bits per heavy atom. The van der Waals surface area contributed by atoms with Crippen LogP contribution in [-0.2, 0) is 10.0 Å². The first-order chi connectivity index (χ1) is 9.55. The van der Waals surface area contributed by atoms with Crippen molar-refractivity contribution in [1.82, 2.24) is 9.62 Å². The zero-order valence-corrected chi connectivity index (χ0v) is 12.5. The van der Waals surface area contributed by atoms with E-state index in [1.165, 1.54) is 22.5 Å². The fraction of sp³-hybridized carbons (Fsp3) is 0.571. The van der Waals surface area contributed by atoms with Crippen LogP contribution in [0.25, 0.3) is 0 Å². The zero-order valence-electron chi connectivity index (χ0n) is 11.7. The third kappa shape index (κ3) is 3.37. The van der Waals surface area contributed by atoms with Gasteiger partial charge in [0, 0.05) is 19.1 Å². The van der Waals surface area contributed by atoms with Crippen molar-refractivity contribution in [2.24, 2.45) is 0 Å². The summed E-state index contributed by atoms with van der Waals surface area (Å²) in [4.78, 5) is -0.230. The number of nitrogens with zero attached hydrogens (tertiary/aromatic N) is 1. The minimum Gasteiger partial charge on any atom is -0.313 e. The van der Waals surface area contributed by atoms with Crippen LogP contribution in [0.4, 0.5) is 4.39 Å². The van der Waals surface area contributed by atoms with Gasteiger partial charge in [-0.2, -0.15) is 4.31 Å². The molecule has 1 unspecified atom stereocenters. The van der Waals surface area contributed by atoms with Gasteiger partial charge >= 0.3 is 0 Å². The predicted molar refractivity (Wildman–Crippen MR) is 76.5 cm³/mol. The molecular weight excluding hydrogens is 279 g/mol. The maximum Gasteiger partial charge on any atom is 0.246 e. The maximum absolute atomic E-state index is 13.8. The Morgan fingerprint density at radius 3 is 2.75 bits per heavy atom. The van der Waals surface area contributed by atoms with Crippen molar-refractivity contribution in [2.45, 2.75) is 37.1 Å². The molecule has 20 heavy (non-hydrogen) atoms. The number of hydrogen-bond acceptors (Lipinski definition) is 3. The van der Waals surface area contributed by atoms with Crippen LogP contribution in [0.15, 0.2) is 29.2 Å². The largest absolute Gasteiger partial charge is 0.313 e. The van der Waals surface area contributed by atoms with Crippen molar-refractivity contribution in [1.29, 1.82) is 0 Å². The van der Waals surface area contributed by atoms with Gasteiger partial charge in [-0.3, -0.25) is 0 Å². The molecule has 0 saturated carbocycles. The Morgan fingerprint density at radius 2 is 2.15 bits per heavy atom. The molecule has 0 radical (unpaired) electrons. The summed E-state index contributed by atoms with van der Waals surface area (Å²) in [6.07, 6.45) is 2.73. The first kappa shape index (κ1) is 15.4. The van der Waals surface area contributed by atoms with Crippen LogP contribution in [0, 0.1) is 5.82 Å². The number of benzene rings is 1. The normalized spacial score (nSPS) is 19.6. The third-order valence-corrected chi connectivity index (χ3v) is 5.41. The third-order valence-electron chi connectivity index (χ3n) is 3.51. The lowest BCUT2D eigenvalue weighted by Gasteiger charge is -2.25. The summed E-state index contributed by atoms with van der Waals surface area (Å²) in [7, 11) is -3.76. The van der Waals surface area contributed by atoms with Crippen molar-refractivity contribution in [3.05, 3.63) is 30.1 Å². The molecule has 4 nitrogen and oxygen atoms in total. The average Bonchev–Trinajstić information content (AvgIpc) is 2.91. The smallest absolute Gasteiger partial charge is 0.246 e. The Hall–Kier alpha value is -0.980. The number of sulfonamides is 1. The van der Waals surface area contributed by atoms with Gasteiger partial charge in [-0.25, -0.2) is 12.8 Å². The Balaban J connectivity index is 2.24. The molecule has 1 atom stereocenters. The van der Waals surface area contributed by atoms with E-state index in [2.05, 4.69) is 5.32 Å². The molecule has 6 heteroatoms. The summed E-state index contributed by atoms with van der Waals surface area (Å²) in [5.41, 5.74) is 0. The first-order valence-electron chi connectivity index (χ1n) is 7.03. The quantitative estimate of drug-likeness (QED) is 0.874. The molecule has 1 aliphatic heterocycles. The molecule has 1 N–H and O–H groups in total. The molecule has 1 saturated heterocycles.